The molecule has 3 heterocycles. The summed E-state index contributed by atoms with van der Waals surface area (Å²) in [7, 11) is 0. The largest absolute Gasteiger partial charge is 0.486 e. The molecule has 1 aromatic carbocycles. The molecule has 0 spiro atoms. The first kappa shape index (κ1) is 15.0. The van der Waals surface area contributed by atoms with Crippen LogP contribution in [0.3, 0.4) is 0 Å². The van der Waals surface area contributed by atoms with E-state index in [0.717, 1.165) is 37.7 Å². The molecule has 0 radical (unpaired) electrons. The normalized spacial score (nSPS) is 20.0. The number of piperazine rings is 1. The molecule has 4 rings (SSSR count). The molecule has 1 unspecified atom stereocenters. The standard InChI is InChI=1S/C17H20N4O3/c22-17-16(20-8-5-18-6-9-20)19-7-10-21(17)11-13-12-23-14-3-1-2-4-15(14)24-13/h1-4,7,10,13,18H,5-6,8-9,11-12H2. The molecule has 1 atom stereocenters. The maximum Gasteiger partial charge on any atom is 0.293 e. The van der Waals surface area contributed by atoms with E-state index in [4.69, 9.17) is 9.47 Å². The monoisotopic (exact) mass is 328 g/mol. The first-order chi connectivity index (χ1) is 11.8. The van der Waals surface area contributed by atoms with E-state index in [9.17, 15) is 4.79 Å². The van der Waals surface area contributed by atoms with Crippen molar-refractivity contribution >= 4 is 5.82 Å². The molecule has 126 valence electrons. The smallest absolute Gasteiger partial charge is 0.293 e. The zero-order valence-electron chi connectivity index (χ0n) is 13.4. The van der Waals surface area contributed by atoms with Crippen molar-refractivity contribution in [3.05, 3.63) is 47.0 Å². The minimum Gasteiger partial charge on any atom is -0.486 e. The van der Waals surface area contributed by atoms with Crippen molar-refractivity contribution in [1.29, 1.82) is 0 Å². The number of aromatic nitrogens is 2. The topological polar surface area (TPSA) is 68.6 Å². The predicted octanol–water partition coefficient (Wildman–Crippen LogP) is 0.493. The van der Waals surface area contributed by atoms with Crippen LogP contribution in [0.2, 0.25) is 0 Å². The highest BCUT2D eigenvalue weighted by atomic mass is 16.6. The third kappa shape index (κ3) is 2.94. The lowest BCUT2D eigenvalue weighted by atomic mass is 10.2. The molecule has 2 aliphatic rings. The second-order valence-corrected chi connectivity index (χ2v) is 5.94. The number of rotatable bonds is 3. The molecule has 7 heteroatoms. The quantitative estimate of drug-likeness (QED) is 0.885. The van der Waals surface area contributed by atoms with Crippen LogP contribution in [0.25, 0.3) is 0 Å². The average molecular weight is 328 g/mol. The third-order valence-corrected chi connectivity index (χ3v) is 4.28. The summed E-state index contributed by atoms with van der Waals surface area (Å²) in [5.41, 5.74) is -0.0816. The molecular formula is C17H20N4O3. The third-order valence-electron chi connectivity index (χ3n) is 4.28. The number of anilines is 1. The molecule has 2 aromatic rings. The van der Waals surface area contributed by atoms with E-state index in [0.29, 0.717) is 19.0 Å². The van der Waals surface area contributed by atoms with Crippen molar-refractivity contribution in [2.24, 2.45) is 0 Å². The van der Waals surface area contributed by atoms with Crippen LogP contribution in [0.15, 0.2) is 41.5 Å². The zero-order valence-corrected chi connectivity index (χ0v) is 13.4. The molecule has 0 saturated carbocycles. The van der Waals surface area contributed by atoms with Gasteiger partial charge in [0, 0.05) is 38.6 Å². The Hall–Kier alpha value is -2.54. The number of hydrogen-bond donors (Lipinski definition) is 1. The van der Waals surface area contributed by atoms with Gasteiger partial charge in [-0.3, -0.25) is 4.79 Å². The molecule has 24 heavy (non-hydrogen) atoms. The number of fused-ring (bicyclic) bond motifs is 1. The Morgan fingerprint density at radius 3 is 2.83 bits per heavy atom. The van der Waals surface area contributed by atoms with Gasteiger partial charge in [-0.05, 0) is 12.1 Å². The lowest BCUT2D eigenvalue weighted by Crippen LogP contribution is -2.47. The first-order valence-electron chi connectivity index (χ1n) is 8.21. The van der Waals surface area contributed by atoms with Crippen LogP contribution in [0, 0.1) is 0 Å². The van der Waals surface area contributed by atoms with Gasteiger partial charge >= 0.3 is 0 Å². The van der Waals surface area contributed by atoms with Crippen LogP contribution in [0.1, 0.15) is 0 Å². The highest BCUT2D eigenvalue weighted by molar-refractivity contribution is 5.40. The lowest BCUT2D eigenvalue weighted by Gasteiger charge is -2.29. The van der Waals surface area contributed by atoms with Crippen LogP contribution in [-0.2, 0) is 6.54 Å². The van der Waals surface area contributed by atoms with Gasteiger partial charge in [0.25, 0.3) is 5.56 Å². The van der Waals surface area contributed by atoms with Crippen LogP contribution < -0.4 is 25.2 Å². The molecule has 1 fully saturated rings. The molecule has 0 bridgehead atoms. The maximum absolute atomic E-state index is 12.7. The van der Waals surface area contributed by atoms with Gasteiger partial charge in [0.2, 0.25) is 0 Å². The van der Waals surface area contributed by atoms with E-state index < -0.39 is 0 Å². The van der Waals surface area contributed by atoms with E-state index in [1.54, 1.807) is 17.0 Å². The Kier molecular flexibility index (Phi) is 4.08. The molecule has 1 saturated heterocycles. The fourth-order valence-electron chi connectivity index (χ4n) is 3.05. The SMILES string of the molecule is O=c1c(N2CCNCC2)nccn1CC1COc2ccccc2O1. The second-order valence-electron chi connectivity index (χ2n) is 5.94. The van der Waals surface area contributed by atoms with Gasteiger partial charge in [0.05, 0.1) is 6.54 Å². The van der Waals surface area contributed by atoms with Crippen molar-refractivity contribution in [1.82, 2.24) is 14.9 Å². The van der Waals surface area contributed by atoms with Gasteiger partial charge in [-0.1, -0.05) is 12.1 Å². The minimum absolute atomic E-state index is 0.0816. The van der Waals surface area contributed by atoms with E-state index in [2.05, 4.69) is 10.3 Å². The Bertz CT molecular complexity index is 770. The van der Waals surface area contributed by atoms with Crippen molar-refractivity contribution in [3.63, 3.8) is 0 Å². The van der Waals surface area contributed by atoms with Crippen LogP contribution in [0.5, 0.6) is 11.5 Å². The van der Waals surface area contributed by atoms with Gasteiger partial charge < -0.3 is 24.3 Å². The second kappa shape index (κ2) is 6.52. The van der Waals surface area contributed by atoms with Crippen molar-refractivity contribution in [3.8, 4) is 11.5 Å². The molecule has 2 aliphatic heterocycles. The summed E-state index contributed by atoms with van der Waals surface area (Å²) >= 11 is 0. The Balaban J connectivity index is 1.52. The highest BCUT2D eigenvalue weighted by Crippen LogP contribution is 2.31. The Morgan fingerprint density at radius 2 is 2.00 bits per heavy atom. The van der Waals surface area contributed by atoms with Crippen LogP contribution in [-0.4, -0.2) is 48.4 Å². The number of nitrogens with one attached hydrogen (secondary N) is 1. The number of hydrogen-bond acceptors (Lipinski definition) is 6. The fourth-order valence-corrected chi connectivity index (χ4v) is 3.05. The number of para-hydroxylation sites is 2. The number of ether oxygens (including phenoxy) is 2. The van der Waals surface area contributed by atoms with Gasteiger partial charge in [-0.2, -0.15) is 0 Å². The molecule has 0 amide bonds. The minimum atomic E-state index is -0.198. The number of benzene rings is 1. The lowest BCUT2D eigenvalue weighted by molar-refractivity contribution is 0.0777. The summed E-state index contributed by atoms with van der Waals surface area (Å²) in [5.74, 6) is 1.98. The van der Waals surface area contributed by atoms with Crippen LogP contribution >= 0.6 is 0 Å². The van der Waals surface area contributed by atoms with Crippen molar-refractivity contribution < 1.29 is 9.47 Å². The summed E-state index contributed by atoms with van der Waals surface area (Å²) in [5, 5.41) is 3.28. The summed E-state index contributed by atoms with van der Waals surface area (Å²) in [4.78, 5) is 19.0. The Labute approximate surface area is 139 Å². The summed E-state index contributed by atoms with van der Waals surface area (Å²) in [6, 6.07) is 7.58. The van der Waals surface area contributed by atoms with Crippen molar-refractivity contribution in [2.45, 2.75) is 12.6 Å². The van der Waals surface area contributed by atoms with E-state index >= 15 is 0 Å². The molecule has 0 aliphatic carbocycles. The maximum atomic E-state index is 12.7. The molecule has 1 N–H and O–H groups in total. The summed E-state index contributed by atoms with van der Waals surface area (Å²) < 4.78 is 13.3. The fraction of sp³-hybridized carbons (Fsp3) is 0.412. The van der Waals surface area contributed by atoms with Gasteiger partial charge in [0.15, 0.2) is 23.4 Å². The van der Waals surface area contributed by atoms with Gasteiger partial charge in [-0.15, -0.1) is 0 Å². The van der Waals surface area contributed by atoms with Crippen molar-refractivity contribution in [2.75, 3.05) is 37.7 Å². The van der Waals surface area contributed by atoms with E-state index in [-0.39, 0.29) is 11.7 Å². The van der Waals surface area contributed by atoms with E-state index in [1.807, 2.05) is 29.2 Å². The molecule has 1 aromatic heterocycles. The summed E-state index contributed by atoms with van der Waals surface area (Å²) in [6.07, 6.45) is 3.18. The first-order valence-corrected chi connectivity index (χ1v) is 8.21. The van der Waals surface area contributed by atoms with E-state index in [1.165, 1.54) is 0 Å². The van der Waals surface area contributed by atoms with Gasteiger partial charge in [0.1, 0.15) is 6.61 Å². The van der Waals surface area contributed by atoms with Gasteiger partial charge in [-0.25, -0.2) is 4.98 Å². The predicted molar refractivity (Wildman–Crippen MR) is 89.9 cm³/mol. The zero-order chi connectivity index (χ0) is 16.4. The molecular weight excluding hydrogens is 308 g/mol. The average Bonchev–Trinajstić information content (AvgIpc) is 2.64. The summed E-state index contributed by atoms with van der Waals surface area (Å²) in [6.45, 7) is 4.19. The van der Waals surface area contributed by atoms with Crippen LogP contribution in [0.4, 0.5) is 5.82 Å². The Morgan fingerprint density at radius 1 is 1.21 bits per heavy atom. The molecule has 7 nitrogen and oxygen atoms in total. The highest BCUT2D eigenvalue weighted by Gasteiger charge is 2.23. The number of nitrogens with zero attached hydrogens (tertiary/aromatic N) is 3.